The van der Waals surface area contributed by atoms with E-state index in [1.54, 1.807) is 0 Å². The van der Waals surface area contributed by atoms with Crippen LogP contribution >= 0.6 is 0 Å². The fraction of sp³-hybridized carbons (Fsp3) is 0.900. The summed E-state index contributed by atoms with van der Waals surface area (Å²) in [5.74, 6) is 0.741. The van der Waals surface area contributed by atoms with Gasteiger partial charge in [-0.15, -0.1) is 0 Å². The Morgan fingerprint density at radius 1 is 1.62 bits per heavy atom. The predicted molar refractivity (Wildman–Crippen MR) is 51.5 cm³/mol. The van der Waals surface area contributed by atoms with Crippen LogP contribution in [0.5, 0.6) is 0 Å². The molecule has 1 atom stereocenters. The highest BCUT2D eigenvalue weighted by Gasteiger charge is 2.17. The summed E-state index contributed by atoms with van der Waals surface area (Å²) < 4.78 is 4.58. The molecule has 0 saturated carbocycles. The van der Waals surface area contributed by atoms with Gasteiger partial charge >= 0.3 is 5.97 Å². The maximum atomic E-state index is 10.8. The molecule has 0 aliphatic carbocycles. The Balaban J connectivity index is 2.03. The molecule has 0 aromatic rings. The summed E-state index contributed by atoms with van der Waals surface area (Å²) >= 11 is 0. The zero-order valence-corrected chi connectivity index (χ0v) is 8.58. The smallest absolute Gasteiger partial charge is 0.305 e. The third-order valence-electron chi connectivity index (χ3n) is 2.59. The number of carbonyl (C=O) groups excluding carboxylic acids is 1. The van der Waals surface area contributed by atoms with Crippen LogP contribution in [-0.4, -0.2) is 37.6 Å². The minimum Gasteiger partial charge on any atom is -0.469 e. The van der Waals surface area contributed by atoms with Gasteiger partial charge in [-0.05, 0) is 31.8 Å². The van der Waals surface area contributed by atoms with Crippen molar-refractivity contribution in [1.82, 2.24) is 4.90 Å². The van der Waals surface area contributed by atoms with E-state index in [1.165, 1.54) is 26.6 Å². The summed E-state index contributed by atoms with van der Waals surface area (Å²) in [5.41, 5.74) is 0. The molecule has 1 unspecified atom stereocenters. The molecule has 0 aromatic heterocycles. The van der Waals surface area contributed by atoms with E-state index in [2.05, 4.69) is 16.6 Å². The van der Waals surface area contributed by atoms with E-state index in [9.17, 15) is 4.79 Å². The van der Waals surface area contributed by atoms with Gasteiger partial charge in [-0.25, -0.2) is 0 Å². The summed E-state index contributed by atoms with van der Waals surface area (Å²) in [4.78, 5) is 13.2. The zero-order chi connectivity index (χ0) is 9.68. The third kappa shape index (κ3) is 3.77. The SMILES string of the molecule is COC(=O)CCCN1CCC(C)C1. The summed E-state index contributed by atoms with van der Waals surface area (Å²) in [7, 11) is 1.44. The topological polar surface area (TPSA) is 29.5 Å². The molecule has 3 heteroatoms. The number of ether oxygens (including phenoxy) is 1. The van der Waals surface area contributed by atoms with Crippen LogP contribution in [0.3, 0.4) is 0 Å². The predicted octanol–water partition coefficient (Wildman–Crippen LogP) is 1.28. The zero-order valence-electron chi connectivity index (χ0n) is 8.58. The summed E-state index contributed by atoms with van der Waals surface area (Å²) in [5, 5.41) is 0. The van der Waals surface area contributed by atoms with Crippen molar-refractivity contribution in [2.24, 2.45) is 5.92 Å². The maximum Gasteiger partial charge on any atom is 0.305 e. The molecule has 1 rings (SSSR count). The minimum atomic E-state index is -0.0905. The van der Waals surface area contributed by atoms with E-state index in [4.69, 9.17) is 0 Å². The summed E-state index contributed by atoms with van der Waals surface area (Å²) in [6.45, 7) is 5.71. The quantitative estimate of drug-likeness (QED) is 0.618. The molecule has 13 heavy (non-hydrogen) atoms. The second-order valence-corrected chi connectivity index (χ2v) is 3.87. The van der Waals surface area contributed by atoms with Gasteiger partial charge in [-0.3, -0.25) is 4.79 Å². The number of hydrogen-bond acceptors (Lipinski definition) is 3. The standard InChI is InChI=1S/C10H19NO2/c1-9-5-7-11(8-9)6-3-4-10(12)13-2/h9H,3-8H2,1-2H3. The average Bonchev–Trinajstić information content (AvgIpc) is 2.51. The third-order valence-corrected chi connectivity index (χ3v) is 2.59. The van der Waals surface area contributed by atoms with Gasteiger partial charge in [-0.2, -0.15) is 0 Å². The van der Waals surface area contributed by atoms with Crippen LogP contribution in [-0.2, 0) is 9.53 Å². The Kier molecular flexibility index (Phi) is 4.22. The van der Waals surface area contributed by atoms with Crippen LogP contribution in [0.1, 0.15) is 26.2 Å². The van der Waals surface area contributed by atoms with Crippen molar-refractivity contribution in [3.63, 3.8) is 0 Å². The van der Waals surface area contributed by atoms with Crippen molar-refractivity contribution in [3.8, 4) is 0 Å². The molecule has 0 spiro atoms. The van der Waals surface area contributed by atoms with Gasteiger partial charge in [0.05, 0.1) is 7.11 Å². The van der Waals surface area contributed by atoms with Crippen molar-refractivity contribution < 1.29 is 9.53 Å². The van der Waals surface area contributed by atoms with E-state index in [-0.39, 0.29) is 5.97 Å². The fourth-order valence-corrected chi connectivity index (χ4v) is 1.78. The maximum absolute atomic E-state index is 10.8. The monoisotopic (exact) mass is 185 g/mol. The van der Waals surface area contributed by atoms with Gasteiger partial charge in [0.25, 0.3) is 0 Å². The normalized spacial score (nSPS) is 23.4. The molecule has 1 saturated heterocycles. The number of methoxy groups -OCH3 is 1. The molecule has 1 aliphatic rings. The molecular formula is C10H19NO2. The molecule has 76 valence electrons. The second-order valence-electron chi connectivity index (χ2n) is 3.87. The Morgan fingerprint density at radius 3 is 2.92 bits per heavy atom. The van der Waals surface area contributed by atoms with Crippen LogP contribution in [0.4, 0.5) is 0 Å². The van der Waals surface area contributed by atoms with Crippen LogP contribution in [0.25, 0.3) is 0 Å². The van der Waals surface area contributed by atoms with Crippen LogP contribution in [0, 0.1) is 5.92 Å². The van der Waals surface area contributed by atoms with E-state index in [0.717, 1.165) is 18.9 Å². The molecule has 0 bridgehead atoms. The van der Waals surface area contributed by atoms with Gasteiger partial charge in [0.15, 0.2) is 0 Å². The molecule has 1 heterocycles. The van der Waals surface area contributed by atoms with Crippen molar-refractivity contribution in [2.75, 3.05) is 26.7 Å². The lowest BCUT2D eigenvalue weighted by Gasteiger charge is -2.13. The number of esters is 1. The lowest BCUT2D eigenvalue weighted by Crippen LogP contribution is -2.22. The molecule has 0 aromatic carbocycles. The van der Waals surface area contributed by atoms with Gasteiger partial charge in [0.1, 0.15) is 0 Å². The van der Waals surface area contributed by atoms with Crippen molar-refractivity contribution in [2.45, 2.75) is 26.2 Å². The number of nitrogens with zero attached hydrogens (tertiary/aromatic N) is 1. The average molecular weight is 185 g/mol. The first-order valence-corrected chi connectivity index (χ1v) is 5.01. The highest BCUT2D eigenvalue weighted by atomic mass is 16.5. The van der Waals surface area contributed by atoms with Crippen molar-refractivity contribution in [1.29, 1.82) is 0 Å². The molecular weight excluding hydrogens is 166 g/mol. The van der Waals surface area contributed by atoms with Gasteiger partial charge in [0, 0.05) is 13.0 Å². The lowest BCUT2D eigenvalue weighted by atomic mass is 10.2. The Bertz CT molecular complexity index is 170. The van der Waals surface area contributed by atoms with Crippen LogP contribution in [0.2, 0.25) is 0 Å². The molecule has 1 aliphatic heterocycles. The van der Waals surface area contributed by atoms with E-state index >= 15 is 0 Å². The molecule has 0 amide bonds. The van der Waals surface area contributed by atoms with Crippen molar-refractivity contribution in [3.05, 3.63) is 0 Å². The molecule has 0 radical (unpaired) electrons. The van der Waals surface area contributed by atoms with Crippen molar-refractivity contribution >= 4 is 5.97 Å². The highest BCUT2D eigenvalue weighted by molar-refractivity contribution is 5.69. The number of rotatable bonds is 4. The Morgan fingerprint density at radius 2 is 2.38 bits per heavy atom. The molecule has 0 N–H and O–H groups in total. The fourth-order valence-electron chi connectivity index (χ4n) is 1.78. The first-order chi connectivity index (χ1) is 6.22. The lowest BCUT2D eigenvalue weighted by molar-refractivity contribution is -0.140. The van der Waals surface area contributed by atoms with Crippen LogP contribution < -0.4 is 0 Å². The van der Waals surface area contributed by atoms with E-state index in [1.807, 2.05) is 0 Å². The summed E-state index contributed by atoms with van der Waals surface area (Å²) in [6, 6.07) is 0. The molecule has 1 fully saturated rings. The molecule has 3 nitrogen and oxygen atoms in total. The van der Waals surface area contributed by atoms with Gasteiger partial charge in [0.2, 0.25) is 0 Å². The number of hydrogen-bond donors (Lipinski definition) is 0. The van der Waals surface area contributed by atoms with Gasteiger partial charge in [-0.1, -0.05) is 6.92 Å². The minimum absolute atomic E-state index is 0.0905. The first-order valence-electron chi connectivity index (χ1n) is 5.01. The summed E-state index contributed by atoms with van der Waals surface area (Å²) in [6.07, 6.45) is 2.79. The second kappa shape index (κ2) is 5.22. The van der Waals surface area contributed by atoms with E-state index < -0.39 is 0 Å². The largest absolute Gasteiger partial charge is 0.469 e. The highest BCUT2D eigenvalue weighted by Crippen LogP contribution is 2.15. The number of likely N-dealkylation sites (tertiary alicyclic amines) is 1. The number of carbonyl (C=O) groups is 1. The van der Waals surface area contributed by atoms with E-state index in [0.29, 0.717) is 6.42 Å². The Hall–Kier alpha value is -0.570. The Labute approximate surface area is 80.1 Å². The van der Waals surface area contributed by atoms with Crippen LogP contribution in [0.15, 0.2) is 0 Å². The first kappa shape index (κ1) is 10.5. The van der Waals surface area contributed by atoms with Gasteiger partial charge < -0.3 is 9.64 Å².